The van der Waals surface area contributed by atoms with Gasteiger partial charge in [0.05, 0.1) is 12.7 Å². The van der Waals surface area contributed by atoms with E-state index in [1.807, 2.05) is 0 Å². The molecule has 6 heteroatoms. The summed E-state index contributed by atoms with van der Waals surface area (Å²) in [5, 5.41) is 8.45. The Labute approximate surface area is 84.4 Å². The highest BCUT2D eigenvalue weighted by Crippen LogP contribution is 2.37. The summed E-state index contributed by atoms with van der Waals surface area (Å²) < 4.78 is 42.2. The van der Waals surface area contributed by atoms with Gasteiger partial charge >= 0.3 is 6.18 Å². The summed E-state index contributed by atoms with van der Waals surface area (Å²) in [4.78, 5) is 0. The molecule has 0 atom stereocenters. The van der Waals surface area contributed by atoms with E-state index >= 15 is 0 Å². The molecule has 15 heavy (non-hydrogen) atoms. The van der Waals surface area contributed by atoms with Crippen LogP contribution in [0.5, 0.6) is 5.75 Å². The molecular formula is C9H10F3NO2. The number of hydrogen-bond acceptors (Lipinski definition) is 3. The van der Waals surface area contributed by atoms with E-state index in [9.17, 15) is 13.2 Å². The Kier molecular flexibility index (Phi) is 3.54. The van der Waals surface area contributed by atoms with Crippen molar-refractivity contribution in [3.8, 4) is 5.75 Å². The van der Waals surface area contributed by atoms with Gasteiger partial charge in [0.25, 0.3) is 0 Å². The largest absolute Gasteiger partial charge is 0.496 e. The molecule has 84 valence electrons. The summed E-state index contributed by atoms with van der Waals surface area (Å²) in [7, 11) is 1.16. The fraction of sp³-hybridized carbons (Fsp3) is 0.333. The molecule has 3 nitrogen and oxygen atoms in total. The summed E-state index contributed by atoms with van der Waals surface area (Å²) in [6, 6.07) is 3.63. The highest BCUT2D eigenvalue weighted by atomic mass is 19.4. The molecule has 0 aliphatic heterocycles. The number of hydroxylamine groups is 1. The van der Waals surface area contributed by atoms with Gasteiger partial charge in [0, 0.05) is 12.1 Å². The molecule has 0 saturated heterocycles. The third-order valence-corrected chi connectivity index (χ3v) is 1.88. The maximum atomic E-state index is 12.5. The highest BCUT2D eigenvalue weighted by Gasteiger charge is 2.34. The fourth-order valence-electron chi connectivity index (χ4n) is 1.27. The maximum Gasteiger partial charge on any atom is 0.419 e. The van der Waals surface area contributed by atoms with E-state index in [1.54, 1.807) is 5.48 Å². The van der Waals surface area contributed by atoms with Crippen LogP contribution in [0.3, 0.4) is 0 Å². The first-order valence-electron chi connectivity index (χ1n) is 4.10. The topological polar surface area (TPSA) is 41.5 Å². The Morgan fingerprint density at radius 1 is 1.40 bits per heavy atom. The average molecular weight is 221 g/mol. The van der Waals surface area contributed by atoms with Crippen LogP contribution in [0.4, 0.5) is 13.2 Å². The van der Waals surface area contributed by atoms with Crippen LogP contribution in [0.2, 0.25) is 0 Å². The van der Waals surface area contributed by atoms with Crippen LogP contribution in [0.15, 0.2) is 18.2 Å². The molecule has 0 fully saturated rings. The minimum atomic E-state index is -4.46. The fourth-order valence-corrected chi connectivity index (χ4v) is 1.27. The normalized spacial score (nSPS) is 11.5. The van der Waals surface area contributed by atoms with Gasteiger partial charge in [-0.2, -0.15) is 13.2 Å². The van der Waals surface area contributed by atoms with Gasteiger partial charge < -0.3 is 9.94 Å². The zero-order valence-corrected chi connectivity index (χ0v) is 7.93. The van der Waals surface area contributed by atoms with E-state index in [2.05, 4.69) is 4.74 Å². The van der Waals surface area contributed by atoms with Crippen LogP contribution in [0.25, 0.3) is 0 Å². The molecule has 0 amide bonds. The van der Waals surface area contributed by atoms with Gasteiger partial charge in [0.15, 0.2) is 0 Å². The highest BCUT2D eigenvalue weighted by molar-refractivity contribution is 5.43. The molecule has 0 radical (unpaired) electrons. The zero-order valence-electron chi connectivity index (χ0n) is 7.93. The number of ether oxygens (including phenoxy) is 1. The van der Waals surface area contributed by atoms with Crippen LogP contribution in [0, 0.1) is 0 Å². The maximum absolute atomic E-state index is 12.5. The third-order valence-electron chi connectivity index (χ3n) is 1.88. The molecule has 2 N–H and O–H groups in total. The Morgan fingerprint density at radius 2 is 2.07 bits per heavy atom. The lowest BCUT2D eigenvalue weighted by Crippen LogP contribution is -2.12. The second kappa shape index (κ2) is 4.50. The number of para-hydroxylation sites is 1. The van der Waals surface area contributed by atoms with Gasteiger partial charge in [-0.3, -0.25) is 0 Å². The lowest BCUT2D eigenvalue weighted by molar-refractivity contribution is -0.138. The van der Waals surface area contributed by atoms with Crippen LogP contribution in [-0.4, -0.2) is 12.3 Å². The SMILES string of the molecule is COc1c(CNO)cccc1C(F)(F)F. The third kappa shape index (κ3) is 2.60. The van der Waals surface area contributed by atoms with E-state index in [1.165, 1.54) is 12.1 Å². The first kappa shape index (κ1) is 11.8. The molecule has 0 bridgehead atoms. The molecule has 0 unspecified atom stereocenters. The number of benzene rings is 1. The number of halogens is 3. The van der Waals surface area contributed by atoms with Gasteiger partial charge in [-0.1, -0.05) is 12.1 Å². The van der Waals surface area contributed by atoms with E-state index in [0.29, 0.717) is 0 Å². The predicted molar refractivity (Wildman–Crippen MR) is 46.6 cm³/mol. The lowest BCUT2D eigenvalue weighted by Gasteiger charge is -2.14. The number of methoxy groups -OCH3 is 1. The van der Waals surface area contributed by atoms with Crippen molar-refractivity contribution in [1.29, 1.82) is 0 Å². The Morgan fingerprint density at radius 3 is 2.53 bits per heavy atom. The van der Waals surface area contributed by atoms with Crippen molar-refractivity contribution in [1.82, 2.24) is 5.48 Å². The van der Waals surface area contributed by atoms with E-state index < -0.39 is 11.7 Å². The summed E-state index contributed by atoms with van der Waals surface area (Å²) in [6.45, 7) is -0.104. The number of hydrogen-bond donors (Lipinski definition) is 2. The van der Waals surface area contributed by atoms with E-state index in [4.69, 9.17) is 5.21 Å². The summed E-state index contributed by atoms with van der Waals surface area (Å²) >= 11 is 0. The Hall–Kier alpha value is -1.27. The molecule has 1 aromatic rings. The van der Waals surface area contributed by atoms with Crippen LogP contribution >= 0.6 is 0 Å². The molecule has 0 heterocycles. The van der Waals surface area contributed by atoms with Gasteiger partial charge in [0.1, 0.15) is 5.75 Å². The molecule has 0 aliphatic rings. The average Bonchev–Trinajstić information content (AvgIpc) is 2.16. The molecule has 0 aromatic heterocycles. The first-order chi connectivity index (χ1) is 7.00. The standard InChI is InChI=1S/C9H10F3NO2/c1-15-8-6(5-13-14)3-2-4-7(8)9(10,11)12/h2-4,13-14H,5H2,1H3. The smallest absolute Gasteiger partial charge is 0.419 e. The monoisotopic (exact) mass is 221 g/mol. The van der Waals surface area contributed by atoms with Crippen molar-refractivity contribution in [3.63, 3.8) is 0 Å². The van der Waals surface area contributed by atoms with E-state index in [0.717, 1.165) is 13.2 Å². The molecule has 0 spiro atoms. The molecule has 0 saturated carbocycles. The number of alkyl halides is 3. The van der Waals surface area contributed by atoms with Crippen LogP contribution in [0.1, 0.15) is 11.1 Å². The van der Waals surface area contributed by atoms with Crippen LogP contribution < -0.4 is 10.2 Å². The van der Waals surface area contributed by atoms with Gasteiger partial charge in [-0.15, -0.1) is 0 Å². The number of nitrogens with one attached hydrogen (secondary N) is 1. The van der Waals surface area contributed by atoms with Crippen LogP contribution in [-0.2, 0) is 12.7 Å². The van der Waals surface area contributed by atoms with Crippen molar-refractivity contribution in [2.75, 3.05) is 7.11 Å². The minimum Gasteiger partial charge on any atom is -0.496 e. The summed E-state index contributed by atoms with van der Waals surface area (Å²) in [5.74, 6) is -0.272. The van der Waals surface area contributed by atoms with Crippen molar-refractivity contribution in [2.45, 2.75) is 12.7 Å². The molecular weight excluding hydrogens is 211 g/mol. The van der Waals surface area contributed by atoms with Gasteiger partial charge in [0.2, 0.25) is 0 Å². The van der Waals surface area contributed by atoms with Crippen molar-refractivity contribution in [2.24, 2.45) is 0 Å². The predicted octanol–water partition coefficient (Wildman–Crippen LogP) is 2.19. The van der Waals surface area contributed by atoms with Gasteiger partial charge in [-0.05, 0) is 6.07 Å². The van der Waals surface area contributed by atoms with Crippen molar-refractivity contribution in [3.05, 3.63) is 29.3 Å². The summed E-state index contributed by atoms with van der Waals surface area (Å²) in [5.41, 5.74) is 1.19. The minimum absolute atomic E-state index is 0.104. The van der Waals surface area contributed by atoms with Crippen molar-refractivity contribution < 1.29 is 23.1 Å². The lowest BCUT2D eigenvalue weighted by atomic mass is 10.1. The molecule has 1 aromatic carbocycles. The van der Waals surface area contributed by atoms with Crippen molar-refractivity contribution >= 4 is 0 Å². The zero-order chi connectivity index (χ0) is 11.5. The molecule has 0 aliphatic carbocycles. The summed E-state index contributed by atoms with van der Waals surface area (Å²) in [6.07, 6.45) is -4.46. The number of rotatable bonds is 3. The Balaban J connectivity index is 3.22. The quantitative estimate of drug-likeness (QED) is 0.769. The second-order valence-electron chi connectivity index (χ2n) is 2.83. The van der Waals surface area contributed by atoms with Gasteiger partial charge in [-0.25, -0.2) is 5.48 Å². The first-order valence-corrected chi connectivity index (χ1v) is 4.10. The van der Waals surface area contributed by atoms with E-state index in [-0.39, 0.29) is 17.9 Å². The molecule has 1 rings (SSSR count). The second-order valence-corrected chi connectivity index (χ2v) is 2.83. The Bertz CT molecular complexity index is 339.